The van der Waals surface area contributed by atoms with Crippen LogP contribution in [0.3, 0.4) is 0 Å². The SMILES string of the molecule is CCc1nn(C)cc1CN1CCCC(CN)C1. The van der Waals surface area contributed by atoms with E-state index in [4.69, 9.17) is 5.73 Å². The molecule has 4 nitrogen and oxygen atoms in total. The first-order valence-electron chi connectivity index (χ1n) is 6.66. The first-order chi connectivity index (χ1) is 8.22. The van der Waals surface area contributed by atoms with Crippen LogP contribution >= 0.6 is 0 Å². The Balaban J connectivity index is 1.99. The Morgan fingerprint density at radius 1 is 1.53 bits per heavy atom. The average molecular weight is 236 g/mol. The second-order valence-electron chi connectivity index (χ2n) is 5.11. The van der Waals surface area contributed by atoms with Crippen molar-refractivity contribution < 1.29 is 0 Å². The lowest BCUT2D eigenvalue weighted by Gasteiger charge is -2.31. The number of hydrogen-bond donors (Lipinski definition) is 1. The molecule has 1 aromatic rings. The molecule has 1 unspecified atom stereocenters. The molecule has 0 aliphatic carbocycles. The third kappa shape index (κ3) is 3.07. The molecule has 4 heteroatoms. The maximum atomic E-state index is 5.78. The highest BCUT2D eigenvalue weighted by Crippen LogP contribution is 2.19. The van der Waals surface area contributed by atoms with Crippen molar-refractivity contribution in [1.29, 1.82) is 0 Å². The van der Waals surface area contributed by atoms with Gasteiger partial charge in [0.15, 0.2) is 0 Å². The van der Waals surface area contributed by atoms with Crippen molar-refractivity contribution in [3.05, 3.63) is 17.5 Å². The molecule has 1 aliphatic rings. The summed E-state index contributed by atoms with van der Waals surface area (Å²) < 4.78 is 1.93. The van der Waals surface area contributed by atoms with E-state index in [0.29, 0.717) is 5.92 Å². The summed E-state index contributed by atoms with van der Waals surface area (Å²) >= 11 is 0. The quantitative estimate of drug-likeness (QED) is 0.853. The van der Waals surface area contributed by atoms with E-state index in [0.717, 1.165) is 26.1 Å². The summed E-state index contributed by atoms with van der Waals surface area (Å²) in [4.78, 5) is 2.52. The third-order valence-corrected chi connectivity index (χ3v) is 3.66. The van der Waals surface area contributed by atoms with Crippen molar-refractivity contribution in [3.63, 3.8) is 0 Å². The maximum Gasteiger partial charge on any atom is 0.0666 e. The maximum absolute atomic E-state index is 5.78. The first-order valence-corrected chi connectivity index (χ1v) is 6.66. The highest BCUT2D eigenvalue weighted by Gasteiger charge is 2.20. The summed E-state index contributed by atoms with van der Waals surface area (Å²) in [5.74, 6) is 0.686. The van der Waals surface area contributed by atoms with Crippen LogP contribution in [-0.4, -0.2) is 34.3 Å². The summed E-state index contributed by atoms with van der Waals surface area (Å²) in [5, 5.41) is 4.50. The van der Waals surface area contributed by atoms with Crippen LogP contribution in [-0.2, 0) is 20.0 Å². The van der Waals surface area contributed by atoms with Crippen LogP contribution in [0.1, 0.15) is 31.0 Å². The Morgan fingerprint density at radius 3 is 3.06 bits per heavy atom. The Morgan fingerprint density at radius 2 is 2.35 bits per heavy atom. The molecule has 17 heavy (non-hydrogen) atoms. The molecule has 1 saturated heterocycles. The van der Waals surface area contributed by atoms with Gasteiger partial charge in [-0.15, -0.1) is 0 Å². The van der Waals surface area contributed by atoms with Gasteiger partial charge in [-0.05, 0) is 38.3 Å². The highest BCUT2D eigenvalue weighted by molar-refractivity contribution is 5.16. The molecule has 0 radical (unpaired) electrons. The minimum atomic E-state index is 0.686. The van der Waals surface area contributed by atoms with Crippen molar-refractivity contribution in [2.24, 2.45) is 18.7 Å². The lowest BCUT2D eigenvalue weighted by molar-refractivity contribution is 0.170. The van der Waals surface area contributed by atoms with Crippen molar-refractivity contribution >= 4 is 0 Å². The molecular formula is C13H24N4. The number of nitrogens with two attached hydrogens (primary N) is 1. The number of piperidine rings is 1. The van der Waals surface area contributed by atoms with Gasteiger partial charge in [-0.3, -0.25) is 9.58 Å². The Hall–Kier alpha value is -0.870. The lowest BCUT2D eigenvalue weighted by atomic mass is 9.98. The van der Waals surface area contributed by atoms with E-state index in [1.165, 1.54) is 30.6 Å². The zero-order valence-electron chi connectivity index (χ0n) is 11.0. The minimum Gasteiger partial charge on any atom is -0.330 e. The van der Waals surface area contributed by atoms with E-state index in [2.05, 4.69) is 23.1 Å². The molecule has 1 atom stereocenters. The predicted octanol–water partition coefficient (Wildman–Crippen LogP) is 1.15. The zero-order chi connectivity index (χ0) is 12.3. The molecular weight excluding hydrogens is 212 g/mol. The number of nitrogens with zero attached hydrogens (tertiary/aromatic N) is 3. The van der Waals surface area contributed by atoms with Gasteiger partial charge in [0.2, 0.25) is 0 Å². The number of rotatable bonds is 4. The first kappa shape index (κ1) is 12.6. The zero-order valence-corrected chi connectivity index (χ0v) is 11.0. The molecule has 1 aliphatic heterocycles. The van der Waals surface area contributed by atoms with Crippen LogP contribution in [0.2, 0.25) is 0 Å². The highest BCUT2D eigenvalue weighted by atomic mass is 15.3. The molecule has 0 amide bonds. The average Bonchev–Trinajstić information content (AvgIpc) is 2.69. The normalized spacial score (nSPS) is 21.9. The van der Waals surface area contributed by atoms with Crippen LogP contribution in [0.15, 0.2) is 6.20 Å². The van der Waals surface area contributed by atoms with Gasteiger partial charge >= 0.3 is 0 Å². The van der Waals surface area contributed by atoms with Gasteiger partial charge in [0.25, 0.3) is 0 Å². The van der Waals surface area contributed by atoms with Gasteiger partial charge in [0.05, 0.1) is 5.69 Å². The Labute approximate surface area is 104 Å². The van der Waals surface area contributed by atoms with Gasteiger partial charge in [-0.25, -0.2) is 0 Å². The van der Waals surface area contributed by atoms with Gasteiger partial charge in [-0.2, -0.15) is 5.10 Å². The smallest absolute Gasteiger partial charge is 0.0666 e. The van der Waals surface area contributed by atoms with Crippen molar-refractivity contribution in [1.82, 2.24) is 14.7 Å². The van der Waals surface area contributed by atoms with Crippen LogP contribution in [0, 0.1) is 5.92 Å². The van der Waals surface area contributed by atoms with Gasteiger partial charge in [0.1, 0.15) is 0 Å². The monoisotopic (exact) mass is 236 g/mol. The molecule has 0 saturated carbocycles. The summed E-state index contributed by atoms with van der Waals surface area (Å²) in [6.07, 6.45) is 5.75. The molecule has 0 aromatic carbocycles. The number of hydrogen-bond acceptors (Lipinski definition) is 3. The molecule has 0 spiro atoms. The van der Waals surface area contributed by atoms with E-state index in [-0.39, 0.29) is 0 Å². The fraction of sp³-hybridized carbons (Fsp3) is 0.769. The van der Waals surface area contributed by atoms with Crippen molar-refractivity contribution in [2.75, 3.05) is 19.6 Å². The Bertz CT molecular complexity index is 358. The number of aryl methyl sites for hydroxylation is 2. The fourth-order valence-corrected chi connectivity index (χ4v) is 2.74. The molecule has 2 N–H and O–H groups in total. The number of likely N-dealkylation sites (tertiary alicyclic amines) is 1. The summed E-state index contributed by atoms with van der Waals surface area (Å²) in [6.45, 7) is 6.38. The second kappa shape index (κ2) is 5.65. The van der Waals surface area contributed by atoms with Crippen LogP contribution in [0.4, 0.5) is 0 Å². The molecule has 2 heterocycles. The number of aromatic nitrogens is 2. The van der Waals surface area contributed by atoms with Crippen LogP contribution < -0.4 is 5.73 Å². The molecule has 96 valence electrons. The van der Waals surface area contributed by atoms with E-state index in [1.54, 1.807) is 0 Å². The summed E-state index contributed by atoms with van der Waals surface area (Å²) in [7, 11) is 2.00. The van der Waals surface area contributed by atoms with Crippen molar-refractivity contribution in [3.8, 4) is 0 Å². The molecule has 1 aromatic heterocycles. The molecule has 2 rings (SSSR count). The van der Waals surface area contributed by atoms with Gasteiger partial charge < -0.3 is 5.73 Å². The van der Waals surface area contributed by atoms with E-state index < -0.39 is 0 Å². The predicted molar refractivity (Wildman–Crippen MR) is 69.6 cm³/mol. The standard InChI is InChI=1S/C13H24N4/c1-3-13-12(9-16(2)15-13)10-17-6-4-5-11(7-14)8-17/h9,11H,3-8,10,14H2,1-2H3. The largest absolute Gasteiger partial charge is 0.330 e. The van der Waals surface area contributed by atoms with E-state index >= 15 is 0 Å². The van der Waals surface area contributed by atoms with Crippen LogP contribution in [0.5, 0.6) is 0 Å². The van der Waals surface area contributed by atoms with Gasteiger partial charge in [-0.1, -0.05) is 6.92 Å². The topological polar surface area (TPSA) is 47.1 Å². The second-order valence-corrected chi connectivity index (χ2v) is 5.11. The Kier molecular flexibility index (Phi) is 4.18. The minimum absolute atomic E-state index is 0.686. The lowest BCUT2D eigenvalue weighted by Crippen LogP contribution is -2.37. The molecule has 0 bridgehead atoms. The summed E-state index contributed by atoms with van der Waals surface area (Å²) in [5.41, 5.74) is 8.40. The fourth-order valence-electron chi connectivity index (χ4n) is 2.74. The van der Waals surface area contributed by atoms with E-state index in [9.17, 15) is 0 Å². The third-order valence-electron chi connectivity index (χ3n) is 3.66. The van der Waals surface area contributed by atoms with E-state index in [1.807, 2.05) is 11.7 Å². The molecule has 1 fully saturated rings. The summed E-state index contributed by atoms with van der Waals surface area (Å²) in [6, 6.07) is 0. The van der Waals surface area contributed by atoms with Crippen molar-refractivity contribution in [2.45, 2.75) is 32.7 Å². The van der Waals surface area contributed by atoms with Crippen LogP contribution in [0.25, 0.3) is 0 Å². The van der Waals surface area contributed by atoms with Gasteiger partial charge in [0, 0.05) is 31.9 Å².